The van der Waals surface area contributed by atoms with Crippen LogP contribution in [0.1, 0.15) is 22.6 Å². The van der Waals surface area contributed by atoms with Gasteiger partial charge < -0.3 is 20.3 Å². The number of halogens is 1. The number of ether oxygens (including phenoxy) is 2. The Labute approximate surface area is 173 Å². The quantitative estimate of drug-likeness (QED) is 0.649. The van der Waals surface area contributed by atoms with Gasteiger partial charge in [0.2, 0.25) is 5.88 Å². The third kappa shape index (κ3) is 3.71. The van der Waals surface area contributed by atoms with Crippen molar-refractivity contribution in [2.24, 2.45) is 5.73 Å². The van der Waals surface area contributed by atoms with E-state index < -0.39 is 0 Å². The van der Waals surface area contributed by atoms with Gasteiger partial charge >= 0.3 is 0 Å². The highest BCUT2D eigenvalue weighted by Gasteiger charge is 2.30. The van der Waals surface area contributed by atoms with Crippen LogP contribution in [0, 0.1) is 11.3 Å². The monoisotopic (exact) mass is 404 g/mol. The average molecular weight is 405 g/mol. The van der Waals surface area contributed by atoms with Crippen LogP contribution in [0.15, 0.2) is 78.2 Å². The second kappa shape index (κ2) is 7.78. The van der Waals surface area contributed by atoms with Crippen LogP contribution in [-0.4, -0.2) is 5.11 Å². The fourth-order valence-electron chi connectivity index (χ4n) is 3.32. The molecule has 0 spiro atoms. The number of benzene rings is 3. The first kappa shape index (κ1) is 18.7. The lowest BCUT2D eigenvalue weighted by molar-refractivity contribution is 0.306. The van der Waals surface area contributed by atoms with E-state index in [2.05, 4.69) is 6.07 Å². The molecule has 1 atom stereocenters. The predicted octanol–water partition coefficient (Wildman–Crippen LogP) is 4.84. The topological polar surface area (TPSA) is 88.5 Å². The molecule has 5 nitrogen and oxygen atoms in total. The Bertz CT molecular complexity index is 1130. The summed E-state index contributed by atoms with van der Waals surface area (Å²) in [5.74, 6) is 0.836. The Morgan fingerprint density at radius 2 is 1.86 bits per heavy atom. The molecule has 0 radical (unpaired) electrons. The summed E-state index contributed by atoms with van der Waals surface area (Å²) >= 11 is 6.16. The van der Waals surface area contributed by atoms with Gasteiger partial charge in [-0.15, -0.1) is 0 Å². The van der Waals surface area contributed by atoms with E-state index in [0.717, 1.165) is 16.7 Å². The van der Waals surface area contributed by atoms with Gasteiger partial charge in [-0.05, 0) is 29.8 Å². The number of allylic oxidation sites excluding steroid dienone is 1. The Morgan fingerprint density at radius 3 is 2.59 bits per heavy atom. The van der Waals surface area contributed by atoms with Crippen LogP contribution in [0.25, 0.3) is 0 Å². The Hall–Kier alpha value is -3.62. The van der Waals surface area contributed by atoms with Crippen molar-refractivity contribution in [3.63, 3.8) is 0 Å². The lowest BCUT2D eigenvalue weighted by Crippen LogP contribution is -2.20. The molecule has 0 saturated heterocycles. The fraction of sp³-hybridized carbons (Fsp3) is 0.0870. The molecule has 6 heteroatoms. The molecule has 3 N–H and O–H groups in total. The van der Waals surface area contributed by atoms with Gasteiger partial charge in [0.15, 0.2) is 0 Å². The molecule has 144 valence electrons. The summed E-state index contributed by atoms with van der Waals surface area (Å²) < 4.78 is 11.4. The molecule has 0 aliphatic carbocycles. The van der Waals surface area contributed by atoms with E-state index in [9.17, 15) is 10.4 Å². The van der Waals surface area contributed by atoms with E-state index in [1.54, 1.807) is 12.1 Å². The first-order valence-electron chi connectivity index (χ1n) is 8.93. The van der Waals surface area contributed by atoms with Crippen molar-refractivity contribution in [3.05, 3.63) is 99.9 Å². The van der Waals surface area contributed by atoms with E-state index in [1.165, 1.54) is 6.07 Å². The van der Waals surface area contributed by atoms with Gasteiger partial charge in [0.1, 0.15) is 35.5 Å². The molecule has 4 rings (SSSR count). The fourth-order valence-corrected chi connectivity index (χ4v) is 3.51. The van der Waals surface area contributed by atoms with Gasteiger partial charge in [0, 0.05) is 22.2 Å². The van der Waals surface area contributed by atoms with Crippen LogP contribution in [-0.2, 0) is 6.61 Å². The maximum Gasteiger partial charge on any atom is 0.205 e. The SMILES string of the molecule is N#CC1=C(N)Oc2cc(O)ccc2[C@@H]1c1ccc(OCc2ccccc2Cl)cc1. The zero-order valence-corrected chi connectivity index (χ0v) is 16.1. The number of fused-ring (bicyclic) bond motifs is 1. The van der Waals surface area contributed by atoms with Gasteiger partial charge in [-0.3, -0.25) is 0 Å². The molecule has 3 aromatic carbocycles. The number of rotatable bonds is 4. The summed E-state index contributed by atoms with van der Waals surface area (Å²) in [6.45, 7) is 0.356. The third-order valence-corrected chi connectivity index (χ3v) is 5.14. The zero-order valence-electron chi connectivity index (χ0n) is 15.3. The summed E-state index contributed by atoms with van der Waals surface area (Å²) in [5, 5.41) is 20.0. The minimum absolute atomic E-state index is 0.0367. The molecule has 0 bridgehead atoms. The number of hydrogen-bond acceptors (Lipinski definition) is 5. The zero-order chi connectivity index (χ0) is 20.4. The Kier molecular flexibility index (Phi) is 5.03. The van der Waals surface area contributed by atoms with Gasteiger partial charge in [-0.1, -0.05) is 48.0 Å². The van der Waals surface area contributed by atoms with E-state index in [1.807, 2.05) is 48.5 Å². The van der Waals surface area contributed by atoms with E-state index >= 15 is 0 Å². The van der Waals surface area contributed by atoms with Crippen molar-refractivity contribution >= 4 is 11.6 Å². The average Bonchev–Trinajstić information content (AvgIpc) is 2.72. The standard InChI is InChI=1S/C23H17ClN2O3/c24-20-4-2-1-3-15(20)13-28-17-8-5-14(6-9-17)22-18-10-7-16(27)11-21(18)29-23(26)19(22)12-25/h1-11,22,27H,13,26H2/t22-/m0/s1. The largest absolute Gasteiger partial charge is 0.508 e. The predicted molar refractivity (Wildman–Crippen MR) is 110 cm³/mol. The summed E-state index contributed by atoms with van der Waals surface area (Å²) in [4.78, 5) is 0. The van der Waals surface area contributed by atoms with Crippen LogP contribution in [0.4, 0.5) is 0 Å². The van der Waals surface area contributed by atoms with Crippen molar-refractivity contribution < 1.29 is 14.6 Å². The molecule has 3 aromatic rings. The third-order valence-electron chi connectivity index (χ3n) is 4.77. The maximum atomic E-state index is 9.74. The second-order valence-electron chi connectivity index (χ2n) is 6.60. The van der Waals surface area contributed by atoms with Crippen molar-refractivity contribution in [1.82, 2.24) is 0 Å². The van der Waals surface area contributed by atoms with Crippen molar-refractivity contribution in [1.29, 1.82) is 5.26 Å². The lowest BCUT2D eigenvalue weighted by atomic mass is 9.83. The summed E-state index contributed by atoms with van der Waals surface area (Å²) in [6.07, 6.45) is 0. The number of nitrogens with zero attached hydrogens (tertiary/aromatic N) is 1. The highest BCUT2D eigenvalue weighted by molar-refractivity contribution is 6.31. The lowest BCUT2D eigenvalue weighted by Gasteiger charge is -2.26. The van der Waals surface area contributed by atoms with E-state index in [4.69, 9.17) is 26.8 Å². The molecule has 1 aliphatic heterocycles. The van der Waals surface area contributed by atoms with E-state index in [-0.39, 0.29) is 17.6 Å². The molecular weight excluding hydrogens is 388 g/mol. The minimum atomic E-state index is -0.387. The molecule has 29 heavy (non-hydrogen) atoms. The Morgan fingerprint density at radius 1 is 1.10 bits per heavy atom. The number of hydrogen-bond donors (Lipinski definition) is 2. The highest BCUT2D eigenvalue weighted by atomic mass is 35.5. The van der Waals surface area contributed by atoms with Crippen LogP contribution in [0.3, 0.4) is 0 Å². The summed E-state index contributed by atoms with van der Waals surface area (Å²) in [6, 6.07) is 21.9. The number of phenols is 1. The van der Waals surface area contributed by atoms with Crippen LogP contribution < -0.4 is 15.2 Å². The van der Waals surface area contributed by atoms with Crippen LogP contribution >= 0.6 is 11.6 Å². The smallest absolute Gasteiger partial charge is 0.205 e. The molecule has 0 saturated carbocycles. The first-order chi connectivity index (χ1) is 14.1. The van der Waals surface area contributed by atoms with Gasteiger partial charge in [0.25, 0.3) is 0 Å². The van der Waals surface area contributed by atoms with E-state index in [0.29, 0.717) is 28.7 Å². The number of nitrogens with two attached hydrogens (primary N) is 1. The summed E-state index contributed by atoms with van der Waals surface area (Å²) in [7, 11) is 0. The number of phenolic OH excluding ortho intramolecular Hbond substituents is 1. The van der Waals surface area contributed by atoms with Crippen LogP contribution in [0.2, 0.25) is 5.02 Å². The maximum absolute atomic E-state index is 9.74. The molecule has 0 unspecified atom stereocenters. The number of aromatic hydroxyl groups is 1. The highest BCUT2D eigenvalue weighted by Crippen LogP contribution is 2.43. The number of nitriles is 1. The van der Waals surface area contributed by atoms with Gasteiger partial charge in [-0.2, -0.15) is 5.26 Å². The van der Waals surface area contributed by atoms with Crippen LogP contribution in [0.5, 0.6) is 17.2 Å². The molecule has 0 fully saturated rings. The molecule has 1 heterocycles. The molecule has 1 aliphatic rings. The van der Waals surface area contributed by atoms with Crippen molar-refractivity contribution in [3.8, 4) is 23.3 Å². The van der Waals surface area contributed by atoms with Gasteiger partial charge in [0.05, 0.1) is 5.92 Å². The second-order valence-corrected chi connectivity index (χ2v) is 7.00. The minimum Gasteiger partial charge on any atom is -0.508 e. The summed E-state index contributed by atoms with van der Waals surface area (Å²) in [5.41, 5.74) is 8.81. The molecule has 0 aromatic heterocycles. The van der Waals surface area contributed by atoms with Crippen molar-refractivity contribution in [2.75, 3.05) is 0 Å². The normalized spacial score (nSPS) is 15.2. The van der Waals surface area contributed by atoms with Crippen molar-refractivity contribution in [2.45, 2.75) is 12.5 Å². The molecular formula is C23H17ClN2O3. The van der Waals surface area contributed by atoms with Gasteiger partial charge in [-0.25, -0.2) is 0 Å². The Balaban J connectivity index is 1.61. The first-order valence-corrected chi connectivity index (χ1v) is 9.31. The molecule has 0 amide bonds.